The number of benzene rings is 2. The third-order valence-corrected chi connectivity index (χ3v) is 3.03. The largest absolute Gasteiger partial charge is 0.381 e. The average molecular weight is 259 g/mol. The van der Waals surface area contributed by atoms with E-state index in [2.05, 4.69) is 0 Å². The summed E-state index contributed by atoms with van der Waals surface area (Å²) in [6.07, 6.45) is 0. The molecule has 1 N–H and O–H groups in total. The van der Waals surface area contributed by atoms with Gasteiger partial charge in [0.1, 0.15) is 17.2 Å². The van der Waals surface area contributed by atoms with Crippen LogP contribution in [0.4, 0.5) is 8.78 Å². The molecule has 2 rings (SSSR count). The van der Waals surface area contributed by atoms with Gasteiger partial charge in [-0.25, -0.2) is 8.78 Å². The predicted molar refractivity (Wildman–Crippen MR) is 66.2 cm³/mol. The second-order valence-corrected chi connectivity index (χ2v) is 4.39. The van der Waals surface area contributed by atoms with Crippen molar-refractivity contribution >= 4 is 0 Å². The van der Waals surface area contributed by atoms with Crippen molar-refractivity contribution in [2.24, 2.45) is 0 Å². The lowest BCUT2D eigenvalue weighted by molar-refractivity contribution is 0.0978. The van der Waals surface area contributed by atoms with Crippen LogP contribution in [-0.4, -0.2) is 5.11 Å². The molecule has 0 saturated heterocycles. The Bertz CT molecular complexity index is 642. The summed E-state index contributed by atoms with van der Waals surface area (Å²) in [4.78, 5) is 0. The van der Waals surface area contributed by atoms with E-state index in [1.54, 1.807) is 12.1 Å². The second kappa shape index (κ2) is 4.79. The van der Waals surface area contributed by atoms with Crippen molar-refractivity contribution in [2.45, 2.75) is 12.5 Å². The molecular formula is C15H11F2NO. The van der Waals surface area contributed by atoms with Gasteiger partial charge in [0, 0.05) is 11.6 Å². The lowest BCUT2D eigenvalue weighted by Gasteiger charge is -2.25. The molecule has 0 aromatic heterocycles. The van der Waals surface area contributed by atoms with E-state index in [1.165, 1.54) is 25.1 Å². The normalized spacial score (nSPS) is 13.6. The molecule has 0 amide bonds. The van der Waals surface area contributed by atoms with Crippen LogP contribution >= 0.6 is 0 Å². The summed E-state index contributed by atoms with van der Waals surface area (Å²) in [5, 5.41) is 19.2. The number of aliphatic hydroxyl groups is 1. The molecule has 2 aromatic rings. The maximum Gasteiger partial charge on any atom is 0.132 e. The molecule has 96 valence electrons. The van der Waals surface area contributed by atoms with Crippen LogP contribution in [0.5, 0.6) is 0 Å². The van der Waals surface area contributed by atoms with E-state index in [9.17, 15) is 13.9 Å². The highest BCUT2D eigenvalue weighted by atomic mass is 19.1. The van der Waals surface area contributed by atoms with Crippen molar-refractivity contribution < 1.29 is 13.9 Å². The summed E-state index contributed by atoms with van der Waals surface area (Å²) in [6, 6.07) is 11.1. The second-order valence-electron chi connectivity index (χ2n) is 4.39. The van der Waals surface area contributed by atoms with Crippen molar-refractivity contribution in [1.82, 2.24) is 0 Å². The Morgan fingerprint density at radius 1 is 1.11 bits per heavy atom. The predicted octanol–water partition coefficient (Wildman–Crippen LogP) is 3.09. The fourth-order valence-corrected chi connectivity index (χ4v) is 1.91. The Hall–Kier alpha value is -2.25. The van der Waals surface area contributed by atoms with Crippen LogP contribution in [-0.2, 0) is 5.60 Å². The quantitative estimate of drug-likeness (QED) is 0.900. The first-order valence-corrected chi connectivity index (χ1v) is 5.63. The van der Waals surface area contributed by atoms with Crippen molar-refractivity contribution in [3.05, 3.63) is 70.8 Å². The zero-order valence-electron chi connectivity index (χ0n) is 10.2. The van der Waals surface area contributed by atoms with Gasteiger partial charge in [-0.2, -0.15) is 5.26 Å². The minimum atomic E-state index is -1.59. The fourth-order valence-electron chi connectivity index (χ4n) is 1.91. The number of hydrogen-bond donors (Lipinski definition) is 1. The van der Waals surface area contributed by atoms with Crippen LogP contribution in [0.2, 0.25) is 0 Å². The lowest BCUT2D eigenvalue weighted by Crippen LogP contribution is -2.24. The molecule has 0 radical (unpaired) electrons. The summed E-state index contributed by atoms with van der Waals surface area (Å²) >= 11 is 0. The van der Waals surface area contributed by atoms with E-state index in [1.807, 2.05) is 6.07 Å². The van der Waals surface area contributed by atoms with Crippen LogP contribution < -0.4 is 0 Å². The van der Waals surface area contributed by atoms with Gasteiger partial charge >= 0.3 is 0 Å². The van der Waals surface area contributed by atoms with E-state index < -0.39 is 17.2 Å². The molecule has 19 heavy (non-hydrogen) atoms. The molecule has 2 aromatic carbocycles. The maximum atomic E-state index is 13.7. The van der Waals surface area contributed by atoms with Crippen molar-refractivity contribution in [3.8, 4) is 6.07 Å². The SMILES string of the molecule is CC(O)(c1ccc(C#N)cc1)c1ccc(F)cc1F. The Kier molecular flexibility index (Phi) is 3.32. The van der Waals surface area contributed by atoms with Gasteiger partial charge in [0.25, 0.3) is 0 Å². The van der Waals surface area contributed by atoms with Crippen molar-refractivity contribution in [2.75, 3.05) is 0 Å². The Balaban J connectivity index is 2.48. The summed E-state index contributed by atoms with van der Waals surface area (Å²) < 4.78 is 26.6. The summed E-state index contributed by atoms with van der Waals surface area (Å²) in [6.45, 7) is 1.42. The Morgan fingerprint density at radius 2 is 1.74 bits per heavy atom. The standard InChI is InChI=1S/C15H11F2NO/c1-15(19,11-4-2-10(9-18)3-5-11)13-7-6-12(16)8-14(13)17/h2-8,19H,1H3. The summed E-state index contributed by atoms with van der Waals surface area (Å²) in [7, 11) is 0. The number of nitriles is 1. The van der Waals surface area contributed by atoms with Gasteiger partial charge in [0.15, 0.2) is 0 Å². The first kappa shape index (κ1) is 13.2. The van der Waals surface area contributed by atoms with Crippen molar-refractivity contribution in [3.63, 3.8) is 0 Å². The molecule has 0 aliphatic rings. The number of nitrogens with zero attached hydrogens (tertiary/aromatic N) is 1. The van der Waals surface area contributed by atoms with Crippen LogP contribution in [0.3, 0.4) is 0 Å². The zero-order valence-corrected chi connectivity index (χ0v) is 10.2. The molecule has 2 nitrogen and oxygen atoms in total. The molecule has 0 fully saturated rings. The topological polar surface area (TPSA) is 44.0 Å². The van der Waals surface area contributed by atoms with E-state index in [4.69, 9.17) is 5.26 Å². The first-order valence-electron chi connectivity index (χ1n) is 5.63. The maximum absolute atomic E-state index is 13.7. The van der Waals surface area contributed by atoms with Crippen molar-refractivity contribution in [1.29, 1.82) is 5.26 Å². The molecule has 0 aliphatic carbocycles. The molecule has 1 unspecified atom stereocenters. The highest BCUT2D eigenvalue weighted by Crippen LogP contribution is 2.31. The molecule has 0 spiro atoms. The molecule has 0 heterocycles. The van der Waals surface area contributed by atoms with E-state index in [-0.39, 0.29) is 5.56 Å². The Labute approximate surface area is 109 Å². The fraction of sp³-hybridized carbons (Fsp3) is 0.133. The van der Waals surface area contributed by atoms with Gasteiger partial charge in [-0.3, -0.25) is 0 Å². The monoisotopic (exact) mass is 259 g/mol. The van der Waals surface area contributed by atoms with Crippen LogP contribution in [0, 0.1) is 23.0 Å². The molecule has 0 bridgehead atoms. The minimum absolute atomic E-state index is 0.0152. The van der Waals surface area contributed by atoms with E-state index in [0.29, 0.717) is 11.1 Å². The van der Waals surface area contributed by atoms with Crippen LogP contribution in [0.25, 0.3) is 0 Å². The number of hydrogen-bond acceptors (Lipinski definition) is 2. The third kappa shape index (κ3) is 2.47. The molecule has 1 atom stereocenters. The number of rotatable bonds is 2. The van der Waals surface area contributed by atoms with E-state index >= 15 is 0 Å². The van der Waals surface area contributed by atoms with Gasteiger partial charge in [0.2, 0.25) is 0 Å². The summed E-state index contributed by atoms with van der Waals surface area (Å²) in [5.74, 6) is -1.51. The van der Waals surface area contributed by atoms with Gasteiger partial charge < -0.3 is 5.11 Å². The first-order chi connectivity index (χ1) is 8.95. The van der Waals surface area contributed by atoms with Crippen LogP contribution in [0.15, 0.2) is 42.5 Å². The lowest BCUT2D eigenvalue weighted by atomic mass is 9.87. The highest BCUT2D eigenvalue weighted by Gasteiger charge is 2.28. The average Bonchev–Trinajstić information content (AvgIpc) is 2.38. The highest BCUT2D eigenvalue weighted by molar-refractivity contribution is 5.39. The third-order valence-electron chi connectivity index (χ3n) is 3.03. The number of halogens is 2. The zero-order chi connectivity index (χ0) is 14.0. The molecule has 4 heteroatoms. The van der Waals surface area contributed by atoms with Gasteiger partial charge in [0.05, 0.1) is 11.6 Å². The Morgan fingerprint density at radius 3 is 2.26 bits per heavy atom. The molecule has 0 aliphatic heterocycles. The van der Waals surface area contributed by atoms with Gasteiger partial charge in [-0.05, 0) is 36.8 Å². The molecule has 0 saturated carbocycles. The van der Waals surface area contributed by atoms with E-state index in [0.717, 1.165) is 12.1 Å². The van der Waals surface area contributed by atoms with Crippen LogP contribution in [0.1, 0.15) is 23.6 Å². The van der Waals surface area contributed by atoms with Gasteiger partial charge in [-0.15, -0.1) is 0 Å². The molecular weight excluding hydrogens is 248 g/mol. The van der Waals surface area contributed by atoms with Gasteiger partial charge in [-0.1, -0.05) is 12.1 Å². The summed E-state index contributed by atoms with van der Waals surface area (Å²) in [5.41, 5.74) is -0.735. The minimum Gasteiger partial charge on any atom is -0.381 e. The smallest absolute Gasteiger partial charge is 0.132 e.